The quantitative estimate of drug-likeness (QED) is 0.729. The highest BCUT2D eigenvalue weighted by atomic mass is 35.5. The van der Waals surface area contributed by atoms with E-state index in [2.05, 4.69) is 0 Å². The second kappa shape index (κ2) is 4.63. The molecular formula is C11H10ClF3O. The molecule has 0 spiro atoms. The molecule has 88 valence electrons. The summed E-state index contributed by atoms with van der Waals surface area (Å²) >= 11 is 5.95. The van der Waals surface area contributed by atoms with Gasteiger partial charge in [0.15, 0.2) is 0 Å². The maximum atomic E-state index is 13.4. The molecule has 0 N–H and O–H groups in total. The summed E-state index contributed by atoms with van der Waals surface area (Å²) in [5.41, 5.74) is -0.310. The molecule has 1 aliphatic heterocycles. The second-order valence-corrected chi connectivity index (χ2v) is 4.21. The molecular weight excluding hydrogens is 241 g/mol. The minimum atomic E-state index is -0.965. The van der Waals surface area contributed by atoms with Crippen LogP contribution in [0.1, 0.15) is 23.8 Å². The lowest BCUT2D eigenvalue weighted by Crippen LogP contribution is -2.15. The van der Waals surface area contributed by atoms with Crippen LogP contribution in [-0.4, -0.2) is 12.7 Å². The number of halogens is 4. The van der Waals surface area contributed by atoms with Gasteiger partial charge in [-0.3, -0.25) is 0 Å². The molecule has 16 heavy (non-hydrogen) atoms. The molecule has 2 unspecified atom stereocenters. The SMILES string of the molecule is Fc1cc(F)c(C(Cl)C2CCCO2)c(F)c1. The summed E-state index contributed by atoms with van der Waals surface area (Å²) in [6.07, 6.45) is 1.07. The molecule has 2 atom stereocenters. The van der Waals surface area contributed by atoms with E-state index < -0.39 is 28.9 Å². The van der Waals surface area contributed by atoms with Crippen LogP contribution in [0.15, 0.2) is 12.1 Å². The molecule has 2 rings (SSSR count). The van der Waals surface area contributed by atoms with Crippen molar-refractivity contribution in [2.45, 2.75) is 24.3 Å². The van der Waals surface area contributed by atoms with E-state index in [-0.39, 0.29) is 5.56 Å². The molecule has 1 aliphatic rings. The van der Waals surface area contributed by atoms with Crippen LogP contribution in [0, 0.1) is 17.5 Å². The molecule has 5 heteroatoms. The van der Waals surface area contributed by atoms with E-state index in [1.165, 1.54) is 0 Å². The Labute approximate surface area is 96.2 Å². The Morgan fingerprint density at radius 1 is 1.25 bits per heavy atom. The maximum absolute atomic E-state index is 13.4. The van der Waals surface area contributed by atoms with E-state index >= 15 is 0 Å². The molecule has 0 aromatic heterocycles. The van der Waals surface area contributed by atoms with Gasteiger partial charge in [0.25, 0.3) is 0 Å². The predicted octanol–water partition coefficient (Wildman–Crippen LogP) is 3.56. The van der Waals surface area contributed by atoms with Crippen molar-refractivity contribution in [1.29, 1.82) is 0 Å². The molecule has 1 saturated heterocycles. The fraction of sp³-hybridized carbons (Fsp3) is 0.455. The van der Waals surface area contributed by atoms with Gasteiger partial charge in [-0.2, -0.15) is 0 Å². The van der Waals surface area contributed by atoms with Gasteiger partial charge in [0.05, 0.1) is 11.5 Å². The first kappa shape index (κ1) is 11.7. The summed E-state index contributed by atoms with van der Waals surface area (Å²) in [5.74, 6) is -2.88. The Morgan fingerprint density at radius 3 is 2.38 bits per heavy atom. The van der Waals surface area contributed by atoms with Gasteiger partial charge in [0.1, 0.15) is 17.5 Å². The lowest BCUT2D eigenvalue weighted by molar-refractivity contribution is 0.106. The maximum Gasteiger partial charge on any atom is 0.133 e. The summed E-state index contributed by atoms with van der Waals surface area (Å²) in [6.45, 7) is 0.540. The van der Waals surface area contributed by atoms with Crippen LogP contribution in [0.4, 0.5) is 13.2 Å². The zero-order valence-electron chi connectivity index (χ0n) is 8.35. The van der Waals surface area contributed by atoms with E-state index in [0.29, 0.717) is 25.2 Å². The van der Waals surface area contributed by atoms with Gasteiger partial charge in [-0.05, 0) is 12.8 Å². The number of hydrogen-bond acceptors (Lipinski definition) is 1. The van der Waals surface area contributed by atoms with Gasteiger partial charge in [-0.1, -0.05) is 0 Å². The highest BCUT2D eigenvalue weighted by Gasteiger charge is 2.30. The average Bonchev–Trinajstić information content (AvgIpc) is 2.67. The highest BCUT2D eigenvalue weighted by molar-refractivity contribution is 6.21. The summed E-state index contributed by atoms with van der Waals surface area (Å²) < 4.78 is 44.7. The van der Waals surface area contributed by atoms with Crippen LogP contribution in [0.25, 0.3) is 0 Å². The Bertz CT molecular complexity index is 368. The zero-order chi connectivity index (χ0) is 11.7. The van der Waals surface area contributed by atoms with Crippen LogP contribution >= 0.6 is 11.6 Å². The topological polar surface area (TPSA) is 9.23 Å². The number of alkyl halides is 1. The van der Waals surface area contributed by atoms with E-state index in [4.69, 9.17) is 16.3 Å². The minimum Gasteiger partial charge on any atom is -0.376 e. The lowest BCUT2D eigenvalue weighted by Gasteiger charge is -2.18. The molecule has 0 aliphatic carbocycles. The first-order valence-electron chi connectivity index (χ1n) is 4.99. The van der Waals surface area contributed by atoms with E-state index in [9.17, 15) is 13.2 Å². The van der Waals surface area contributed by atoms with E-state index in [1.807, 2.05) is 0 Å². The smallest absolute Gasteiger partial charge is 0.133 e. The average molecular weight is 251 g/mol. The van der Waals surface area contributed by atoms with Gasteiger partial charge in [0.2, 0.25) is 0 Å². The van der Waals surface area contributed by atoms with Crippen LogP contribution < -0.4 is 0 Å². The summed E-state index contributed by atoms with van der Waals surface area (Å²) in [4.78, 5) is 0. The van der Waals surface area contributed by atoms with Crippen LogP contribution in [0.5, 0.6) is 0 Å². The van der Waals surface area contributed by atoms with E-state index in [1.54, 1.807) is 0 Å². The normalized spacial score (nSPS) is 22.4. The highest BCUT2D eigenvalue weighted by Crippen LogP contribution is 2.35. The van der Waals surface area contributed by atoms with Crippen molar-refractivity contribution in [1.82, 2.24) is 0 Å². The largest absolute Gasteiger partial charge is 0.376 e. The van der Waals surface area contributed by atoms with Crippen LogP contribution in [0.2, 0.25) is 0 Å². The summed E-state index contributed by atoms with van der Waals surface area (Å²) in [7, 11) is 0. The van der Waals surface area contributed by atoms with Crippen molar-refractivity contribution in [2.24, 2.45) is 0 Å². The second-order valence-electron chi connectivity index (χ2n) is 3.74. The standard InChI is InChI=1S/C11H10ClF3O/c12-11(9-2-1-3-16-9)10-7(14)4-6(13)5-8(10)15/h4-5,9,11H,1-3H2. The van der Waals surface area contributed by atoms with Gasteiger partial charge < -0.3 is 4.74 Å². The third kappa shape index (κ3) is 2.18. The first-order valence-corrected chi connectivity index (χ1v) is 5.43. The number of rotatable bonds is 2. The number of benzene rings is 1. The minimum absolute atomic E-state index is 0.310. The van der Waals surface area contributed by atoms with Crippen molar-refractivity contribution in [3.63, 3.8) is 0 Å². The van der Waals surface area contributed by atoms with Crippen molar-refractivity contribution in [3.05, 3.63) is 35.1 Å². The Balaban J connectivity index is 2.31. The fourth-order valence-electron chi connectivity index (χ4n) is 1.84. The number of ether oxygens (including phenoxy) is 1. The molecule has 1 fully saturated rings. The predicted molar refractivity (Wildman–Crippen MR) is 53.9 cm³/mol. The molecule has 0 saturated carbocycles. The van der Waals surface area contributed by atoms with Crippen molar-refractivity contribution in [3.8, 4) is 0 Å². The van der Waals surface area contributed by atoms with Crippen molar-refractivity contribution in [2.75, 3.05) is 6.61 Å². The first-order chi connectivity index (χ1) is 7.59. The van der Waals surface area contributed by atoms with Crippen LogP contribution in [0.3, 0.4) is 0 Å². The Kier molecular flexibility index (Phi) is 3.40. The number of hydrogen-bond donors (Lipinski definition) is 0. The summed E-state index contributed by atoms with van der Waals surface area (Å²) in [6, 6.07) is 1.26. The molecule has 1 nitrogen and oxygen atoms in total. The third-order valence-corrected chi connectivity index (χ3v) is 3.11. The zero-order valence-corrected chi connectivity index (χ0v) is 9.11. The molecule has 0 amide bonds. The van der Waals surface area contributed by atoms with Crippen molar-refractivity contribution >= 4 is 11.6 Å². The Morgan fingerprint density at radius 2 is 1.88 bits per heavy atom. The monoisotopic (exact) mass is 250 g/mol. The van der Waals surface area contributed by atoms with Gasteiger partial charge in [0, 0.05) is 24.3 Å². The molecule has 0 bridgehead atoms. The third-order valence-electron chi connectivity index (χ3n) is 2.61. The molecule has 1 heterocycles. The van der Waals surface area contributed by atoms with E-state index in [0.717, 1.165) is 6.42 Å². The van der Waals surface area contributed by atoms with Crippen LogP contribution in [-0.2, 0) is 4.74 Å². The van der Waals surface area contributed by atoms with Gasteiger partial charge in [-0.25, -0.2) is 13.2 Å². The molecule has 1 aromatic carbocycles. The fourth-order valence-corrected chi connectivity index (χ4v) is 2.24. The molecule has 0 radical (unpaired) electrons. The summed E-state index contributed by atoms with van der Waals surface area (Å²) in [5, 5.41) is -0.914. The van der Waals surface area contributed by atoms with Gasteiger partial charge >= 0.3 is 0 Å². The lowest BCUT2D eigenvalue weighted by atomic mass is 10.0. The Hall–Kier alpha value is -0.740. The van der Waals surface area contributed by atoms with Gasteiger partial charge in [-0.15, -0.1) is 11.6 Å². The molecule has 1 aromatic rings. The van der Waals surface area contributed by atoms with Crippen molar-refractivity contribution < 1.29 is 17.9 Å².